The van der Waals surface area contributed by atoms with Crippen LogP contribution in [0.2, 0.25) is 10.0 Å². The maximum absolute atomic E-state index is 13.8. The van der Waals surface area contributed by atoms with Gasteiger partial charge in [0.2, 0.25) is 27.7 Å². The molecule has 3 heterocycles. The Kier molecular flexibility index (Phi) is 9.61. The highest BCUT2D eigenvalue weighted by Gasteiger charge is 2.45. The van der Waals surface area contributed by atoms with E-state index in [0.717, 1.165) is 16.3 Å². The number of aromatic nitrogens is 1. The SMILES string of the molecule is CC(C)(C)OC(=O)C[C@H](NC(=O)[C@@H]1CCCN2C(=O)CC[C@H](NS(C)(=O)=O)C(=O)N12)C(O)c1nc2cc(Cl)cc(Cl)c2o1. The minimum Gasteiger partial charge on any atom is -0.460 e. The average Bonchev–Trinajstić information content (AvgIpc) is 3.27. The predicted molar refractivity (Wildman–Crippen MR) is 154 cm³/mol. The van der Waals surface area contributed by atoms with Crippen molar-refractivity contribution in [1.29, 1.82) is 0 Å². The van der Waals surface area contributed by atoms with Crippen LogP contribution in [0.1, 0.15) is 64.9 Å². The number of fused-ring (bicyclic) bond motifs is 2. The zero-order chi connectivity index (χ0) is 31.9. The second kappa shape index (κ2) is 12.6. The number of esters is 1. The van der Waals surface area contributed by atoms with E-state index in [0.29, 0.717) is 6.42 Å². The van der Waals surface area contributed by atoms with Crippen LogP contribution < -0.4 is 10.0 Å². The third-order valence-corrected chi connectivity index (χ3v) is 7.93. The van der Waals surface area contributed by atoms with Crippen LogP contribution in [0.15, 0.2) is 16.5 Å². The number of ether oxygens (including phenoxy) is 1. The largest absolute Gasteiger partial charge is 0.460 e. The molecule has 1 aromatic carbocycles. The highest BCUT2D eigenvalue weighted by atomic mass is 35.5. The molecule has 236 valence electrons. The molecule has 0 spiro atoms. The Labute approximate surface area is 258 Å². The first-order valence-electron chi connectivity index (χ1n) is 13.5. The van der Waals surface area contributed by atoms with Gasteiger partial charge in [-0.2, -0.15) is 0 Å². The molecule has 43 heavy (non-hydrogen) atoms. The van der Waals surface area contributed by atoms with Gasteiger partial charge in [0, 0.05) is 18.0 Å². The van der Waals surface area contributed by atoms with E-state index in [9.17, 15) is 32.7 Å². The van der Waals surface area contributed by atoms with Gasteiger partial charge in [-0.05, 0) is 52.2 Å². The van der Waals surface area contributed by atoms with Gasteiger partial charge in [-0.25, -0.2) is 23.1 Å². The molecule has 2 fully saturated rings. The van der Waals surface area contributed by atoms with Gasteiger partial charge in [-0.3, -0.25) is 24.2 Å². The van der Waals surface area contributed by atoms with Crippen molar-refractivity contribution in [3.05, 3.63) is 28.1 Å². The lowest BCUT2D eigenvalue weighted by Gasteiger charge is -2.43. The van der Waals surface area contributed by atoms with Gasteiger partial charge in [-0.1, -0.05) is 23.2 Å². The first-order chi connectivity index (χ1) is 19.9. The molecule has 17 heteroatoms. The van der Waals surface area contributed by atoms with Crippen molar-refractivity contribution < 1.29 is 41.9 Å². The smallest absolute Gasteiger partial charge is 0.308 e. The van der Waals surface area contributed by atoms with Gasteiger partial charge in [0.25, 0.3) is 5.91 Å². The van der Waals surface area contributed by atoms with E-state index in [1.807, 2.05) is 0 Å². The number of carbonyl (C=O) groups is 4. The van der Waals surface area contributed by atoms with E-state index < -0.39 is 70.0 Å². The number of nitrogens with zero attached hydrogens (tertiary/aromatic N) is 3. The number of hydrogen-bond acceptors (Lipinski definition) is 10. The van der Waals surface area contributed by atoms with Gasteiger partial charge >= 0.3 is 5.97 Å². The van der Waals surface area contributed by atoms with E-state index in [2.05, 4.69) is 15.0 Å². The number of hydrogen-bond donors (Lipinski definition) is 3. The summed E-state index contributed by atoms with van der Waals surface area (Å²) in [6.07, 6.45) is -1.02. The van der Waals surface area contributed by atoms with Crippen LogP contribution in [0.5, 0.6) is 0 Å². The molecule has 2 aliphatic rings. The number of sulfonamides is 1. The quantitative estimate of drug-likeness (QED) is 0.352. The number of aliphatic hydroxyl groups is 1. The Bertz CT molecular complexity index is 1540. The van der Waals surface area contributed by atoms with Crippen molar-refractivity contribution in [1.82, 2.24) is 25.0 Å². The fraction of sp³-hybridized carbons (Fsp3) is 0.577. The van der Waals surface area contributed by atoms with E-state index in [1.54, 1.807) is 20.8 Å². The molecule has 0 bridgehead atoms. The molecule has 4 atom stereocenters. The summed E-state index contributed by atoms with van der Waals surface area (Å²) >= 11 is 12.3. The highest BCUT2D eigenvalue weighted by molar-refractivity contribution is 7.88. The summed E-state index contributed by atoms with van der Waals surface area (Å²) in [7, 11) is -3.82. The Morgan fingerprint density at radius 3 is 2.58 bits per heavy atom. The zero-order valence-corrected chi connectivity index (χ0v) is 26.3. The van der Waals surface area contributed by atoms with Crippen LogP contribution in [-0.2, 0) is 33.9 Å². The van der Waals surface area contributed by atoms with Crippen molar-refractivity contribution in [2.45, 2.75) is 82.7 Å². The highest BCUT2D eigenvalue weighted by Crippen LogP contribution is 2.32. The molecule has 3 N–H and O–H groups in total. The minimum atomic E-state index is -3.82. The third kappa shape index (κ3) is 7.95. The van der Waals surface area contributed by atoms with Crippen LogP contribution in [0.3, 0.4) is 0 Å². The first kappa shape index (κ1) is 32.9. The van der Waals surface area contributed by atoms with Crippen molar-refractivity contribution in [2.75, 3.05) is 12.8 Å². The molecule has 1 aromatic heterocycles. The molecule has 0 radical (unpaired) electrons. The Morgan fingerprint density at radius 2 is 1.93 bits per heavy atom. The molecular formula is C26H33Cl2N5O9S. The van der Waals surface area contributed by atoms with Crippen molar-refractivity contribution in [3.63, 3.8) is 0 Å². The second-order valence-corrected chi connectivity index (χ2v) is 14.1. The van der Waals surface area contributed by atoms with Crippen LogP contribution in [0.4, 0.5) is 0 Å². The normalized spacial score (nSPS) is 21.3. The van der Waals surface area contributed by atoms with Crippen molar-refractivity contribution in [2.24, 2.45) is 0 Å². The summed E-state index contributed by atoms with van der Waals surface area (Å²) in [5, 5.41) is 16.4. The molecule has 4 rings (SSSR count). The number of aliphatic hydroxyl groups excluding tert-OH is 1. The second-order valence-electron chi connectivity index (χ2n) is 11.5. The van der Waals surface area contributed by atoms with Crippen molar-refractivity contribution in [3.8, 4) is 0 Å². The van der Waals surface area contributed by atoms with Gasteiger partial charge in [0.15, 0.2) is 11.7 Å². The topological polar surface area (TPSA) is 188 Å². The van der Waals surface area contributed by atoms with Crippen LogP contribution >= 0.6 is 23.2 Å². The maximum atomic E-state index is 13.8. The van der Waals surface area contributed by atoms with E-state index in [1.165, 1.54) is 12.1 Å². The van der Waals surface area contributed by atoms with Crippen LogP contribution in [-0.4, -0.2) is 88.7 Å². The number of nitrogens with one attached hydrogen (secondary N) is 2. The number of hydrazine groups is 1. The monoisotopic (exact) mass is 661 g/mol. The Morgan fingerprint density at radius 1 is 1.23 bits per heavy atom. The fourth-order valence-electron chi connectivity index (χ4n) is 5.00. The van der Waals surface area contributed by atoms with Crippen molar-refractivity contribution >= 4 is 68.0 Å². The number of amides is 3. The standard InChI is InChI=1S/C26H33Cl2N5O9S/c1-26(2,3)42-20(35)12-16(21(36)24-30-17-11-13(27)10-14(28)22(17)41-24)29-23(37)18-6-5-9-32-19(34)8-7-15(25(38)33(18)32)31-43(4,39)40/h10-11,15-16,18,21,31,36H,5-9,12H2,1-4H3,(H,29,37)/t15-,16-,18-,21?/m0/s1. The molecule has 0 aliphatic carbocycles. The molecule has 14 nitrogen and oxygen atoms in total. The molecule has 3 amide bonds. The lowest BCUT2D eigenvalue weighted by molar-refractivity contribution is -0.176. The summed E-state index contributed by atoms with van der Waals surface area (Å²) in [6, 6.07) is -0.992. The van der Waals surface area contributed by atoms with E-state index in [4.69, 9.17) is 32.4 Å². The molecule has 0 saturated carbocycles. The molecular weight excluding hydrogens is 629 g/mol. The Hall–Kier alpha value is -2.98. The number of benzene rings is 1. The lowest BCUT2D eigenvalue weighted by atomic mass is 10.0. The summed E-state index contributed by atoms with van der Waals surface area (Å²) in [6.45, 7) is 5.11. The fourth-order valence-corrected chi connectivity index (χ4v) is 6.26. The predicted octanol–water partition coefficient (Wildman–Crippen LogP) is 1.83. The summed E-state index contributed by atoms with van der Waals surface area (Å²) in [5.74, 6) is -3.04. The van der Waals surface area contributed by atoms with Gasteiger partial charge in [0.05, 0.1) is 23.7 Å². The number of rotatable bonds is 8. The number of oxazole rings is 1. The van der Waals surface area contributed by atoms with Gasteiger partial charge < -0.3 is 19.6 Å². The van der Waals surface area contributed by atoms with Crippen LogP contribution in [0.25, 0.3) is 11.1 Å². The molecule has 2 saturated heterocycles. The van der Waals surface area contributed by atoms with Gasteiger partial charge in [0.1, 0.15) is 23.2 Å². The third-order valence-electron chi connectivity index (χ3n) is 6.71. The van der Waals surface area contributed by atoms with Crippen LogP contribution in [0, 0.1) is 0 Å². The minimum absolute atomic E-state index is 0.0869. The number of carbonyl (C=O) groups excluding carboxylic acids is 4. The van der Waals surface area contributed by atoms with Gasteiger partial charge in [-0.15, -0.1) is 0 Å². The summed E-state index contributed by atoms with van der Waals surface area (Å²) in [5.41, 5.74) is -0.513. The zero-order valence-electron chi connectivity index (χ0n) is 23.9. The molecule has 2 aromatic rings. The number of halogens is 2. The Balaban J connectivity index is 1.65. The van der Waals surface area contributed by atoms with E-state index >= 15 is 0 Å². The summed E-state index contributed by atoms with van der Waals surface area (Å²) < 4.78 is 37.1. The molecule has 1 unspecified atom stereocenters. The van der Waals surface area contributed by atoms with E-state index in [-0.39, 0.29) is 52.8 Å². The average molecular weight is 663 g/mol. The molecule has 2 aliphatic heterocycles. The first-order valence-corrected chi connectivity index (χ1v) is 16.1. The maximum Gasteiger partial charge on any atom is 0.308 e. The summed E-state index contributed by atoms with van der Waals surface area (Å²) in [4.78, 5) is 57.2. The lowest BCUT2D eigenvalue weighted by Crippen LogP contribution is -2.64.